The number of carboxylic acid groups (broad SMARTS) is 1. The quantitative estimate of drug-likeness (QED) is 0.576. The van der Waals surface area contributed by atoms with Crippen LogP contribution in [0.2, 0.25) is 0 Å². The van der Waals surface area contributed by atoms with Gasteiger partial charge in [-0.2, -0.15) is 26.3 Å². The fourth-order valence-electron chi connectivity index (χ4n) is 1.63. The molecular formula is C11H10ClF6NO3. The van der Waals surface area contributed by atoms with Crippen molar-refractivity contribution in [3.05, 3.63) is 29.3 Å². The largest absolute Gasteiger partial charge is 0.481 e. The van der Waals surface area contributed by atoms with Crippen LogP contribution in [-0.2, 0) is 16.8 Å². The van der Waals surface area contributed by atoms with Crippen molar-refractivity contribution in [1.29, 1.82) is 0 Å². The Kier molecular flexibility index (Phi) is 5.73. The molecule has 0 fully saturated rings. The monoisotopic (exact) mass is 353 g/mol. The van der Waals surface area contributed by atoms with Crippen molar-refractivity contribution in [3.63, 3.8) is 0 Å². The van der Waals surface area contributed by atoms with E-state index in [1.165, 1.54) is 0 Å². The van der Waals surface area contributed by atoms with Gasteiger partial charge in [0.1, 0.15) is 0 Å². The minimum absolute atomic E-state index is 0. The lowest BCUT2D eigenvalue weighted by Gasteiger charge is -2.32. The molecule has 126 valence electrons. The number of halogens is 7. The normalized spacial score (nSPS) is 12.7. The lowest BCUT2D eigenvalue weighted by Crippen LogP contribution is -2.53. The number of rotatable bonds is 3. The van der Waals surface area contributed by atoms with Crippen LogP contribution in [0.4, 0.5) is 32.0 Å². The first kappa shape index (κ1) is 20.3. The lowest BCUT2D eigenvalue weighted by atomic mass is 9.90. The second-order valence-corrected chi connectivity index (χ2v) is 4.19. The van der Waals surface area contributed by atoms with Crippen molar-refractivity contribution < 1.29 is 41.4 Å². The number of aliphatic hydroxyl groups is 1. The van der Waals surface area contributed by atoms with E-state index >= 15 is 0 Å². The highest BCUT2D eigenvalue weighted by molar-refractivity contribution is 5.85. The Bertz CT molecular complexity index is 544. The highest BCUT2D eigenvalue weighted by Crippen LogP contribution is 2.50. The van der Waals surface area contributed by atoms with Crippen molar-refractivity contribution in [2.24, 2.45) is 0 Å². The van der Waals surface area contributed by atoms with Crippen molar-refractivity contribution in [1.82, 2.24) is 0 Å². The number of carboxylic acids is 1. The van der Waals surface area contributed by atoms with Gasteiger partial charge in [-0.05, 0) is 11.6 Å². The maximum absolute atomic E-state index is 12.6. The highest BCUT2D eigenvalue weighted by atomic mass is 35.5. The van der Waals surface area contributed by atoms with E-state index in [4.69, 9.17) is 15.9 Å². The van der Waals surface area contributed by atoms with Gasteiger partial charge in [0, 0.05) is 11.3 Å². The minimum atomic E-state index is -6.02. The predicted molar refractivity (Wildman–Crippen MR) is 65.4 cm³/mol. The van der Waals surface area contributed by atoms with Crippen LogP contribution in [0, 0.1) is 0 Å². The highest BCUT2D eigenvalue weighted by Gasteiger charge is 2.71. The Labute approximate surface area is 125 Å². The Morgan fingerprint density at radius 1 is 1.09 bits per heavy atom. The maximum atomic E-state index is 12.6. The summed E-state index contributed by atoms with van der Waals surface area (Å²) in [6.07, 6.45) is -12.7. The molecule has 1 aromatic carbocycles. The van der Waals surface area contributed by atoms with Gasteiger partial charge < -0.3 is 15.9 Å². The van der Waals surface area contributed by atoms with Crippen LogP contribution in [0.15, 0.2) is 18.2 Å². The topological polar surface area (TPSA) is 83.5 Å². The van der Waals surface area contributed by atoms with Crippen molar-refractivity contribution in [2.75, 3.05) is 5.73 Å². The van der Waals surface area contributed by atoms with Gasteiger partial charge >= 0.3 is 18.3 Å². The van der Waals surface area contributed by atoms with Gasteiger partial charge in [-0.3, -0.25) is 4.79 Å². The number of nitrogens with two attached hydrogens (primary N) is 1. The maximum Gasteiger partial charge on any atom is 0.430 e. The molecule has 0 atom stereocenters. The van der Waals surface area contributed by atoms with E-state index in [2.05, 4.69) is 0 Å². The summed E-state index contributed by atoms with van der Waals surface area (Å²) in [5.41, 5.74) is -2.14. The molecule has 0 heterocycles. The van der Waals surface area contributed by atoms with Crippen LogP contribution in [-0.4, -0.2) is 28.5 Å². The molecule has 0 saturated carbocycles. The molecule has 0 amide bonds. The second kappa shape index (κ2) is 6.21. The zero-order valence-corrected chi connectivity index (χ0v) is 11.3. The molecule has 22 heavy (non-hydrogen) atoms. The van der Waals surface area contributed by atoms with Crippen LogP contribution in [0.5, 0.6) is 0 Å². The van der Waals surface area contributed by atoms with Crippen LogP contribution >= 0.6 is 12.4 Å². The second-order valence-electron chi connectivity index (χ2n) is 4.19. The van der Waals surface area contributed by atoms with E-state index in [9.17, 15) is 31.1 Å². The predicted octanol–water partition coefficient (Wildman–Crippen LogP) is 2.63. The molecule has 1 rings (SSSR count). The number of nitrogen functional groups attached to an aromatic ring is 1. The van der Waals surface area contributed by atoms with Crippen molar-refractivity contribution in [3.8, 4) is 0 Å². The molecule has 4 N–H and O–H groups in total. The molecule has 11 heteroatoms. The van der Waals surface area contributed by atoms with Gasteiger partial charge in [-0.1, -0.05) is 12.1 Å². The van der Waals surface area contributed by atoms with Crippen LogP contribution in [0.25, 0.3) is 0 Å². The third kappa shape index (κ3) is 3.55. The average molecular weight is 354 g/mol. The fraction of sp³-hybridized carbons (Fsp3) is 0.364. The molecule has 0 spiro atoms. The summed E-state index contributed by atoms with van der Waals surface area (Å²) in [4.78, 5) is 10.5. The molecule has 0 aliphatic carbocycles. The zero-order valence-electron chi connectivity index (χ0n) is 10.5. The summed E-state index contributed by atoms with van der Waals surface area (Å²) < 4.78 is 75.7. The summed E-state index contributed by atoms with van der Waals surface area (Å²) in [5, 5.41) is 17.6. The van der Waals surface area contributed by atoms with E-state index in [-0.39, 0.29) is 24.0 Å². The number of hydrogen-bond donors (Lipinski definition) is 3. The van der Waals surface area contributed by atoms with Crippen LogP contribution in [0.1, 0.15) is 11.1 Å². The van der Waals surface area contributed by atoms with E-state index in [0.717, 1.165) is 0 Å². The third-order valence-corrected chi connectivity index (χ3v) is 2.73. The van der Waals surface area contributed by atoms with Gasteiger partial charge in [0.05, 0.1) is 6.42 Å². The van der Waals surface area contributed by atoms with Crippen LogP contribution < -0.4 is 5.73 Å². The third-order valence-electron chi connectivity index (χ3n) is 2.73. The summed E-state index contributed by atoms with van der Waals surface area (Å²) >= 11 is 0. The zero-order chi connectivity index (χ0) is 16.6. The molecule has 0 radical (unpaired) electrons. The van der Waals surface area contributed by atoms with Gasteiger partial charge in [0.25, 0.3) is 5.60 Å². The Morgan fingerprint density at radius 3 is 1.86 bits per heavy atom. The SMILES string of the molecule is Cl.Nc1cc(C(O)(C(F)(F)F)C(F)(F)F)ccc1CC(=O)O. The van der Waals surface area contributed by atoms with Crippen LogP contribution in [0.3, 0.4) is 0 Å². The summed E-state index contributed by atoms with van der Waals surface area (Å²) in [7, 11) is 0. The number of carbonyl (C=O) groups is 1. The number of hydrogen-bond acceptors (Lipinski definition) is 3. The number of anilines is 1. The molecule has 0 aromatic heterocycles. The summed E-state index contributed by atoms with van der Waals surface area (Å²) in [6, 6.07) is 1.30. The first-order valence-electron chi connectivity index (χ1n) is 5.27. The standard InChI is InChI=1S/C11H9F6NO3.ClH/c12-10(13,14)9(21,11(15,16)17)6-2-1-5(3-8(19)20)7(18)4-6;/h1-2,4,21H,3,18H2,(H,19,20);1H. The van der Waals surface area contributed by atoms with Gasteiger partial charge in [-0.25, -0.2) is 0 Å². The van der Waals surface area contributed by atoms with Crippen molar-refractivity contribution >= 4 is 24.1 Å². The summed E-state index contributed by atoms with van der Waals surface area (Å²) in [6.45, 7) is 0. The number of alkyl halides is 6. The Balaban J connectivity index is 0.00000441. The lowest BCUT2D eigenvalue weighted by molar-refractivity contribution is -0.376. The van der Waals surface area contributed by atoms with E-state index in [0.29, 0.717) is 12.1 Å². The fourth-order valence-corrected chi connectivity index (χ4v) is 1.63. The first-order chi connectivity index (χ1) is 9.30. The van der Waals surface area contributed by atoms with E-state index < -0.39 is 41.6 Å². The van der Waals surface area contributed by atoms with E-state index in [1.54, 1.807) is 0 Å². The minimum Gasteiger partial charge on any atom is -0.481 e. The molecule has 0 unspecified atom stereocenters. The Morgan fingerprint density at radius 2 is 1.55 bits per heavy atom. The number of benzene rings is 1. The first-order valence-corrected chi connectivity index (χ1v) is 5.27. The molecule has 0 saturated heterocycles. The molecule has 0 aliphatic rings. The number of aliphatic carboxylic acids is 1. The Hall–Kier alpha value is -1.68. The van der Waals surface area contributed by atoms with E-state index in [1.807, 2.05) is 0 Å². The van der Waals surface area contributed by atoms with Gasteiger partial charge in [0.2, 0.25) is 0 Å². The average Bonchev–Trinajstić information content (AvgIpc) is 2.27. The van der Waals surface area contributed by atoms with Gasteiger partial charge in [-0.15, -0.1) is 12.4 Å². The van der Waals surface area contributed by atoms with Crippen molar-refractivity contribution in [2.45, 2.75) is 24.4 Å². The molecule has 0 bridgehead atoms. The molecular weight excluding hydrogens is 344 g/mol. The molecule has 0 aliphatic heterocycles. The molecule has 4 nitrogen and oxygen atoms in total. The molecule has 1 aromatic rings. The smallest absolute Gasteiger partial charge is 0.430 e. The van der Waals surface area contributed by atoms with Gasteiger partial charge in [0.15, 0.2) is 0 Å². The summed E-state index contributed by atoms with van der Waals surface area (Å²) in [5.74, 6) is -1.36.